The fourth-order valence-electron chi connectivity index (χ4n) is 1.54. The van der Waals surface area contributed by atoms with Gasteiger partial charge in [0.1, 0.15) is 18.3 Å². The number of hydrogen-bond acceptors (Lipinski definition) is 8. The Morgan fingerprint density at radius 3 is 2.63 bits per heavy atom. The smallest absolute Gasteiger partial charge is 0.432 e. The summed E-state index contributed by atoms with van der Waals surface area (Å²) in [5.41, 5.74) is -0.383. The molecule has 0 aromatic carbocycles. The van der Waals surface area contributed by atoms with Crippen molar-refractivity contribution in [1.29, 1.82) is 0 Å². The summed E-state index contributed by atoms with van der Waals surface area (Å²) in [6.45, 7) is 5.83. The molecule has 1 rings (SSSR count). The van der Waals surface area contributed by atoms with Gasteiger partial charge in [0.25, 0.3) is 0 Å². The average Bonchev–Trinajstić information content (AvgIpc) is 2.83. The van der Waals surface area contributed by atoms with Gasteiger partial charge >= 0.3 is 6.16 Å². The summed E-state index contributed by atoms with van der Waals surface area (Å²) in [7, 11) is 0. The average molecular weight is 279 g/mol. The zero-order valence-electron chi connectivity index (χ0n) is 11.4. The van der Waals surface area contributed by atoms with Crippen LogP contribution in [0.15, 0.2) is 0 Å². The Morgan fingerprint density at radius 1 is 1.47 bits per heavy atom. The Bertz CT molecular complexity index is 299. The number of carbonyl (C=O) groups is 1. The lowest BCUT2D eigenvalue weighted by Crippen LogP contribution is -2.26. The Balaban J connectivity index is 1.97. The van der Waals surface area contributed by atoms with Gasteiger partial charge in [-0.05, 0) is 26.2 Å². The molecule has 8 nitrogen and oxygen atoms in total. The molecule has 1 aliphatic carbocycles. The Morgan fingerprint density at radius 2 is 2.11 bits per heavy atom. The normalized spacial score (nSPS) is 27.2. The molecule has 0 spiro atoms. The molecular formula is C11H21NO7. The van der Waals surface area contributed by atoms with E-state index in [1.165, 1.54) is 0 Å². The number of carbonyl (C=O) groups excluding carboxylic acids is 1. The van der Waals surface area contributed by atoms with Gasteiger partial charge in [-0.2, -0.15) is 0 Å². The highest BCUT2D eigenvalue weighted by atomic mass is 17.1. The summed E-state index contributed by atoms with van der Waals surface area (Å²) in [5, 5.41) is 16.3. The number of ether oxygens (including phenoxy) is 3. The highest BCUT2D eigenvalue weighted by molar-refractivity contribution is 5.61. The first-order valence-corrected chi connectivity index (χ1v) is 6.11. The van der Waals surface area contributed by atoms with Crippen molar-refractivity contribution in [2.24, 2.45) is 5.92 Å². The summed E-state index contributed by atoms with van der Waals surface area (Å²) in [4.78, 5) is 15.7. The molecule has 19 heavy (non-hydrogen) atoms. The van der Waals surface area contributed by atoms with Crippen LogP contribution in [0.1, 0.15) is 27.2 Å². The van der Waals surface area contributed by atoms with E-state index < -0.39 is 12.3 Å². The van der Waals surface area contributed by atoms with E-state index in [1.807, 2.05) is 13.8 Å². The van der Waals surface area contributed by atoms with Crippen molar-refractivity contribution in [2.75, 3.05) is 19.8 Å². The van der Waals surface area contributed by atoms with Crippen molar-refractivity contribution in [1.82, 2.24) is 5.39 Å². The molecule has 3 atom stereocenters. The van der Waals surface area contributed by atoms with Crippen LogP contribution >= 0.6 is 0 Å². The maximum Gasteiger partial charge on any atom is 0.508 e. The van der Waals surface area contributed by atoms with Crippen LogP contribution in [0, 0.1) is 5.92 Å². The summed E-state index contributed by atoms with van der Waals surface area (Å²) in [6.07, 6.45) is -0.378. The van der Waals surface area contributed by atoms with E-state index in [1.54, 1.807) is 6.92 Å². The third-order valence-corrected chi connectivity index (χ3v) is 2.98. The van der Waals surface area contributed by atoms with E-state index in [-0.39, 0.29) is 30.8 Å². The van der Waals surface area contributed by atoms with Crippen molar-refractivity contribution in [2.45, 2.75) is 38.9 Å². The molecule has 2 N–H and O–H groups in total. The van der Waals surface area contributed by atoms with E-state index >= 15 is 0 Å². The maximum atomic E-state index is 11.3. The van der Waals surface area contributed by atoms with Crippen molar-refractivity contribution >= 4 is 6.16 Å². The summed E-state index contributed by atoms with van der Waals surface area (Å²) in [6, 6.07) is 0. The molecule has 8 heteroatoms. The van der Waals surface area contributed by atoms with Crippen LogP contribution in [0.25, 0.3) is 0 Å². The molecule has 0 saturated heterocycles. The molecular weight excluding hydrogens is 258 g/mol. The van der Waals surface area contributed by atoms with Crippen LogP contribution in [0.3, 0.4) is 0 Å². The molecule has 0 aromatic rings. The van der Waals surface area contributed by atoms with Gasteiger partial charge in [-0.3, -0.25) is 10.4 Å². The molecule has 0 bridgehead atoms. The highest BCUT2D eigenvalue weighted by Gasteiger charge is 2.51. The molecule has 1 aliphatic rings. The summed E-state index contributed by atoms with van der Waals surface area (Å²) >= 11 is 0. The van der Waals surface area contributed by atoms with Gasteiger partial charge in [0.05, 0.1) is 18.6 Å². The van der Waals surface area contributed by atoms with E-state index in [0.717, 1.165) is 6.42 Å². The van der Waals surface area contributed by atoms with Crippen LogP contribution in [-0.4, -0.2) is 53.5 Å². The highest BCUT2D eigenvalue weighted by Crippen LogP contribution is 2.46. The van der Waals surface area contributed by atoms with Gasteiger partial charge in [-0.15, -0.1) is 0 Å². The second-order valence-corrected chi connectivity index (χ2v) is 4.86. The molecule has 0 radical (unpaired) electrons. The predicted octanol–water partition coefficient (Wildman–Crippen LogP) is 1.36. The Labute approximate surface area is 111 Å². The van der Waals surface area contributed by atoms with E-state index in [4.69, 9.17) is 24.6 Å². The number of hydrogen-bond donors (Lipinski definition) is 2. The molecule has 1 fully saturated rings. The quantitative estimate of drug-likeness (QED) is 0.390. The maximum absolute atomic E-state index is 11.3. The Hall–Kier alpha value is -0.930. The first kappa shape index (κ1) is 16.1. The lowest BCUT2D eigenvalue weighted by Gasteiger charge is -2.15. The minimum Gasteiger partial charge on any atom is -0.432 e. The zero-order chi connectivity index (χ0) is 14.5. The topological polar surface area (TPSA) is 97.7 Å². The van der Waals surface area contributed by atoms with Gasteiger partial charge < -0.3 is 14.2 Å². The lowest BCUT2D eigenvalue weighted by atomic mass is 10.3. The zero-order valence-corrected chi connectivity index (χ0v) is 11.4. The summed E-state index contributed by atoms with van der Waals surface area (Å²) < 4.78 is 15.1. The second-order valence-electron chi connectivity index (χ2n) is 4.86. The number of rotatable bonds is 8. The SMILES string of the molecule is CC1CC1(C)OC(=O)OCCOC[C@@H](C)ON(O)O. The van der Waals surface area contributed by atoms with Gasteiger partial charge in [-0.25, -0.2) is 9.63 Å². The third-order valence-electron chi connectivity index (χ3n) is 2.98. The fraction of sp³-hybridized carbons (Fsp3) is 0.909. The standard InChI is InChI=1S/C11H21NO7/c1-8-6-11(8,3)18-10(13)17-5-4-16-7-9(2)19-12(14)15/h8-9,14-15H,4-7H2,1-3H3/t8?,9-,11?/m1/s1. The van der Waals surface area contributed by atoms with Gasteiger partial charge in [0, 0.05) is 0 Å². The van der Waals surface area contributed by atoms with Crippen LogP contribution < -0.4 is 0 Å². The van der Waals surface area contributed by atoms with Gasteiger partial charge in [0.15, 0.2) is 0 Å². The molecule has 0 amide bonds. The first-order valence-electron chi connectivity index (χ1n) is 6.11. The van der Waals surface area contributed by atoms with Crippen LogP contribution in [0.2, 0.25) is 0 Å². The molecule has 1 saturated carbocycles. The van der Waals surface area contributed by atoms with Crippen LogP contribution in [0.4, 0.5) is 4.79 Å². The van der Waals surface area contributed by atoms with Gasteiger partial charge in [0.2, 0.25) is 0 Å². The van der Waals surface area contributed by atoms with Crippen LogP contribution in [-0.2, 0) is 19.0 Å². The van der Waals surface area contributed by atoms with Gasteiger partial charge in [-0.1, -0.05) is 6.92 Å². The number of nitrogens with zero attached hydrogens (tertiary/aromatic N) is 1. The van der Waals surface area contributed by atoms with Crippen LogP contribution in [0.5, 0.6) is 0 Å². The Kier molecular flexibility index (Phi) is 5.95. The molecule has 2 unspecified atom stereocenters. The fourth-order valence-corrected chi connectivity index (χ4v) is 1.54. The van der Waals surface area contributed by atoms with E-state index in [0.29, 0.717) is 5.92 Å². The largest absolute Gasteiger partial charge is 0.508 e. The minimum atomic E-state index is -0.698. The van der Waals surface area contributed by atoms with Crippen molar-refractivity contribution < 1.29 is 34.3 Å². The minimum absolute atomic E-state index is 0.0674. The third kappa shape index (κ3) is 6.17. The molecule has 0 aliphatic heterocycles. The predicted molar refractivity (Wildman–Crippen MR) is 61.4 cm³/mol. The van der Waals surface area contributed by atoms with Crippen molar-refractivity contribution in [3.8, 4) is 0 Å². The lowest BCUT2D eigenvalue weighted by molar-refractivity contribution is -0.504. The van der Waals surface area contributed by atoms with E-state index in [9.17, 15) is 4.79 Å². The first-order chi connectivity index (χ1) is 8.83. The van der Waals surface area contributed by atoms with E-state index in [2.05, 4.69) is 4.84 Å². The second kappa shape index (κ2) is 7.01. The summed E-state index contributed by atoms with van der Waals surface area (Å²) in [5.74, 6) is 0.370. The molecule has 112 valence electrons. The molecule has 0 aromatic heterocycles. The molecule has 0 heterocycles. The van der Waals surface area contributed by atoms with Crippen molar-refractivity contribution in [3.05, 3.63) is 0 Å². The monoisotopic (exact) mass is 279 g/mol. The van der Waals surface area contributed by atoms with Crippen molar-refractivity contribution in [3.63, 3.8) is 0 Å².